The van der Waals surface area contributed by atoms with Crippen LogP contribution in [0.4, 0.5) is 11.4 Å². The van der Waals surface area contributed by atoms with Crippen molar-refractivity contribution >= 4 is 17.3 Å². The van der Waals surface area contributed by atoms with Crippen LogP contribution in [0.2, 0.25) is 0 Å². The molecule has 2 aromatic carbocycles. The Morgan fingerprint density at radius 2 is 1.90 bits per heavy atom. The molecule has 0 fully saturated rings. The van der Waals surface area contributed by atoms with Crippen LogP contribution in [0.15, 0.2) is 42.6 Å². The lowest BCUT2D eigenvalue weighted by molar-refractivity contribution is -0.384. The number of ether oxygens (including phenoxy) is 1. The van der Waals surface area contributed by atoms with Gasteiger partial charge in [-0.3, -0.25) is 19.6 Å². The second-order valence-electron chi connectivity index (χ2n) is 7.38. The van der Waals surface area contributed by atoms with E-state index in [9.17, 15) is 14.9 Å². The molecule has 8 nitrogen and oxygen atoms in total. The first-order valence-corrected chi connectivity index (χ1v) is 9.52. The zero-order valence-corrected chi connectivity index (χ0v) is 17.6. The summed E-state index contributed by atoms with van der Waals surface area (Å²) in [5, 5.41) is 18.4. The van der Waals surface area contributed by atoms with Crippen LogP contribution in [0.1, 0.15) is 35.3 Å². The number of aryl methyl sites for hydroxylation is 3. The number of carbonyl (C=O) groups is 1. The number of nitrogens with one attached hydrogen (secondary N) is 1. The minimum Gasteiger partial charge on any atom is -0.457 e. The van der Waals surface area contributed by atoms with Crippen LogP contribution in [-0.2, 0) is 4.79 Å². The largest absolute Gasteiger partial charge is 0.457 e. The Morgan fingerprint density at radius 1 is 1.17 bits per heavy atom. The van der Waals surface area contributed by atoms with Crippen LogP contribution in [0.25, 0.3) is 0 Å². The summed E-state index contributed by atoms with van der Waals surface area (Å²) in [6.07, 6.45) is 1.71. The summed E-state index contributed by atoms with van der Waals surface area (Å²) < 4.78 is 7.50. The monoisotopic (exact) mass is 408 g/mol. The van der Waals surface area contributed by atoms with Crippen LogP contribution < -0.4 is 10.1 Å². The van der Waals surface area contributed by atoms with E-state index < -0.39 is 11.0 Å². The van der Waals surface area contributed by atoms with Gasteiger partial charge in [0.15, 0.2) is 0 Å². The lowest BCUT2D eigenvalue weighted by atomic mass is 10.1. The molecular formula is C22H24N4O4. The van der Waals surface area contributed by atoms with Gasteiger partial charge in [0.25, 0.3) is 5.69 Å². The van der Waals surface area contributed by atoms with Crippen molar-refractivity contribution in [2.45, 2.75) is 40.7 Å². The highest BCUT2D eigenvalue weighted by atomic mass is 16.6. The molecule has 0 aliphatic rings. The number of aromatic nitrogens is 2. The third-order valence-corrected chi connectivity index (χ3v) is 4.88. The van der Waals surface area contributed by atoms with Gasteiger partial charge in [-0.1, -0.05) is 6.07 Å². The number of amides is 1. The van der Waals surface area contributed by atoms with Crippen LogP contribution in [-0.4, -0.2) is 20.6 Å². The number of non-ortho nitro benzene ring substituents is 1. The number of carbonyl (C=O) groups excluding carboxylic acids is 1. The summed E-state index contributed by atoms with van der Waals surface area (Å²) in [6.45, 7) is 9.40. The number of hydrogen-bond donors (Lipinski definition) is 1. The van der Waals surface area contributed by atoms with Crippen LogP contribution in [0.5, 0.6) is 11.5 Å². The number of hydrogen-bond acceptors (Lipinski definition) is 5. The highest BCUT2D eigenvalue weighted by molar-refractivity contribution is 5.94. The van der Waals surface area contributed by atoms with E-state index in [0.29, 0.717) is 5.75 Å². The van der Waals surface area contributed by atoms with E-state index in [2.05, 4.69) is 10.4 Å². The third-order valence-electron chi connectivity index (χ3n) is 4.88. The lowest BCUT2D eigenvalue weighted by Crippen LogP contribution is -2.24. The maximum absolute atomic E-state index is 12.6. The van der Waals surface area contributed by atoms with E-state index in [1.807, 2.05) is 39.8 Å². The quantitative estimate of drug-likeness (QED) is 0.456. The summed E-state index contributed by atoms with van der Waals surface area (Å²) in [6, 6.07) is 9.36. The van der Waals surface area contributed by atoms with Gasteiger partial charge >= 0.3 is 0 Å². The Labute approximate surface area is 174 Å². The minimum absolute atomic E-state index is 0.174. The molecule has 30 heavy (non-hydrogen) atoms. The Morgan fingerprint density at radius 3 is 2.53 bits per heavy atom. The van der Waals surface area contributed by atoms with E-state index in [-0.39, 0.29) is 23.0 Å². The van der Waals surface area contributed by atoms with Gasteiger partial charge in [0.2, 0.25) is 5.91 Å². The van der Waals surface area contributed by atoms with Crippen molar-refractivity contribution in [1.82, 2.24) is 9.78 Å². The van der Waals surface area contributed by atoms with Gasteiger partial charge in [0.1, 0.15) is 17.5 Å². The SMILES string of the molecule is Cc1cc(C)c(C)c(Oc2cc(NC(=O)C(C)n3ccc(C)n3)cc([N+](=O)[O-])c2)c1. The Balaban J connectivity index is 1.89. The molecule has 0 radical (unpaired) electrons. The molecule has 0 bridgehead atoms. The van der Waals surface area contributed by atoms with Gasteiger partial charge in [-0.05, 0) is 63.4 Å². The maximum Gasteiger partial charge on any atom is 0.275 e. The molecule has 0 saturated carbocycles. The maximum atomic E-state index is 12.6. The van der Waals surface area contributed by atoms with E-state index in [1.165, 1.54) is 16.8 Å². The summed E-state index contributed by atoms with van der Waals surface area (Å²) in [5.74, 6) is 0.549. The van der Waals surface area contributed by atoms with Crippen molar-refractivity contribution < 1.29 is 14.5 Å². The number of nitro groups is 1. The molecule has 0 saturated heterocycles. The van der Waals surface area contributed by atoms with E-state index in [1.54, 1.807) is 25.3 Å². The summed E-state index contributed by atoms with van der Waals surface area (Å²) in [7, 11) is 0. The summed E-state index contributed by atoms with van der Waals surface area (Å²) in [5.41, 5.74) is 3.93. The Hall–Kier alpha value is -3.68. The van der Waals surface area contributed by atoms with Crippen molar-refractivity contribution in [2.24, 2.45) is 0 Å². The number of nitro benzene ring substituents is 1. The van der Waals surface area contributed by atoms with Gasteiger partial charge in [-0.25, -0.2) is 0 Å². The molecule has 0 aliphatic heterocycles. The van der Waals surface area contributed by atoms with E-state index in [4.69, 9.17) is 4.74 Å². The molecule has 1 atom stereocenters. The average Bonchev–Trinajstić information content (AvgIpc) is 3.11. The van der Waals surface area contributed by atoms with Gasteiger partial charge in [0.05, 0.1) is 22.4 Å². The molecule has 1 N–H and O–H groups in total. The van der Waals surface area contributed by atoms with E-state index >= 15 is 0 Å². The van der Waals surface area contributed by atoms with Crippen molar-refractivity contribution in [3.8, 4) is 11.5 Å². The molecule has 1 unspecified atom stereocenters. The standard InChI is InChI=1S/C22H24N4O4/c1-13-8-14(2)16(4)21(9-13)30-20-11-18(10-19(12-20)26(28)29)23-22(27)17(5)25-7-6-15(3)24-25/h6-12,17H,1-5H3,(H,23,27). The summed E-state index contributed by atoms with van der Waals surface area (Å²) >= 11 is 0. The van der Waals surface area contributed by atoms with Gasteiger partial charge in [-0.15, -0.1) is 0 Å². The number of rotatable bonds is 6. The number of benzene rings is 2. The first kappa shape index (κ1) is 21.0. The normalized spacial score (nSPS) is 11.8. The molecule has 3 rings (SSSR count). The van der Waals surface area contributed by atoms with Crippen molar-refractivity contribution in [3.63, 3.8) is 0 Å². The fraction of sp³-hybridized carbons (Fsp3) is 0.273. The topological polar surface area (TPSA) is 99.3 Å². The van der Waals surface area contributed by atoms with Crippen LogP contribution in [0.3, 0.4) is 0 Å². The van der Waals surface area contributed by atoms with Crippen LogP contribution >= 0.6 is 0 Å². The molecule has 0 aliphatic carbocycles. The zero-order chi connectivity index (χ0) is 22.0. The number of anilines is 1. The predicted molar refractivity (Wildman–Crippen MR) is 114 cm³/mol. The third kappa shape index (κ3) is 4.65. The fourth-order valence-corrected chi connectivity index (χ4v) is 3.07. The van der Waals surface area contributed by atoms with Gasteiger partial charge in [0, 0.05) is 18.3 Å². The molecule has 1 aromatic heterocycles. The van der Waals surface area contributed by atoms with Crippen molar-refractivity contribution in [1.29, 1.82) is 0 Å². The number of nitrogens with zero attached hydrogens (tertiary/aromatic N) is 3. The molecule has 0 spiro atoms. The fourth-order valence-electron chi connectivity index (χ4n) is 3.07. The molecule has 156 valence electrons. The van der Waals surface area contributed by atoms with E-state index in [0.717, 1.165) is 22.4 Å². The molecule has 3 aromatic rings. The molecule has 8 heteroatoms. The highest BCUT2D eigenvalue weighted by Crippen LogP contribution is 2.33. The Bertz CT molecular complexity index is 1120. The molecule has 1 amide bonds. The van der Waals surface area contributed by atoms with Gasteiger partial charge in [-0.2, -0.15) is 5.10 Å². The second-order valence-corrected chi connectivity index (χ2v) is 7.38. The highest BCUT2D eigenvalue weighted by Gasteiger charge is 2.19. The Kier molecular flexibility index (Phi) is 5.86. The first-order valence-electron chi connectivity index (χ1n) is 9.52. The first-order chi connectivity index (χ1) is 14.1. The summed E-state index contributed by atoms with van der Waals surface area (Å²) in [4.78, 5) is 23.5. The smallest absolute Gasteiger partial charge is 0.275 e. The molecule has 1 heterocycles. The average molecular weight is 408 g/mol. The van der Waals surface area contributed by atoms with Gasteiger partial charge < -0.3 is 10.1 Å². The zero-order valence-electron chi connectivity index (χ0n) is 17.6. The van der Waals surface area contributed by atoms with Crippen molar-refractivity contribution in [3.05, 3.63) is 75.1 Å². The second kappa shape index (κ2) is 8.36. The van der Waals surface area contributed by atoms with Crippen molar-refractivity contribution in [2.75, 3.05) is 5.32 Å². The lowest BCUT2D eigenvalue weighted by Gasteiger charge is -2.15. The molecular weight excluding hydrogens is 384 g/mol. The predicted octanol–water partition coefficient (Wildman–Crippen LogP) is 5.02. The minimum atomic E-state index is -0.580. The van der Waals surface area contributed by atoms with Crippen LogP contribution in [0, 0.1) is 37.8 Å².